The van der Waals surface area contributed by atoms with E-state index in [1.807, 2.05) is 48.7 Å². The van der Waals surface area contributed by atoms with E-state index in [2.05, 4.69) is 43.9 Å². The van der Waals surface area contributed by atoms with Gasteiger partial charge in [0.25, 0.3) is 11.8 Å². The molecule has 9 heterocycles. The van der Waals surface area contributed by atoms with Gasteiger partial charge in [0.2, 0.25) is 13.6 Å². The fourth-order valence-corrected chi connectivity index (χ4v) is 15.4. The molecule has 6 N–H and O–H groups in total. The summed E-state index contributed by atoms with van der Waals surface area (Å²) in [6.45, 7) is 11.8. The molecule has 0 aromatic heterocycles. The number of nitriles is 2. The number of fused-ring (bicyclic) bond motifs is 19. The van der Waals surface area contributed by atoms with E-state index in [1.165, 1.54) is 4.90 Å². The number of aryl methyl sites for hydroxylation is 2. The second kappa shape index (κ2) is 20.9. The number of imide groups is 1. The van der Waals surface area contributed by atoms with E-state index in [0.717, 1.165) is 55.6 Å². The van der Waals surface area contributed by atoms with Crippen molar-refractivity contribution in [1.29, 1.82) is 10.5 Å². The van der Waals surface area contributed by atoms with Crippen LogP contribution >= 0.6 is 0 Å². The zero-order valence-electron chi connectivity index (χ0n) is 46.0. The van der Waals surface area contributed by atoms with Gasteiger partial charge in [0.15, 0.2) is 23.0 Å². The Morgan fingerprint density at radius 3 is 1.38 bits per heavy atom. The third-order valence-corrected chi connectivity index (χ3v) is 19.4. The second-order valence-electron chi connectivity index (χ2n) is 22.7. The monoisotopic (exact) mass is 1510 g/mol. The molecular weight excluding hydrogens is 1450 g/mol. The predicted octanol–water partition coefficient (Wildman–Crippen LogP) is 6.30. The van der Waals surface area contributed by atoms with Crippen molar-refractivity contribution in [2.75, 3.05) is 40.8 Å². The van der Waals surface area contributed by atoms with Crippen LogP contribution in [0.5, 0.6) is 46.0 Å². The molecule has 2 radical (unpaired) electrons. The van der Waals surface area contributed by atoms with Crippen LogP contribution in [0.15, 0.2) is 36.4 Å². The van der Waals surface area contributed by atoms with Crippen molar-refractivity contribution in [3.05, 3.63) is 125 Å². The van der Waals surface area contributed by atoms with Crippen molar-refractivity contribution in [3.8, 4) is 58.1 Å². The molecule has 5 aromatic rings. The van der Waals surface area contributed by atoms with E-state index in [-0.39, 0.29) is 174 Å². The molecule has 9 aliphatic rings. The smallest absolute Gasteiger partial charge is 0.261 e. The number of nitrogens with zero attached hydrogens (tertiary/aromatic N) is 7. The summed E-state index contributed by atoms with van der Waals surface area (Å²) in [6, 6.07) is 13.0. The fraction of sp³-hybridized carbons (Fsp3) is 0.433. The first-order chi connectivity index (χ1) is 37.4. The number of nitrogens with two attached hydrogens (primary N) is 1. The average Bonchev–Trinajstić information content (AvgIpc) is 4.32. The number of hydrogen-bond donors (Lipinski definition) is 5. The molecule has 0 spiro atoms. The third kappa shape index (κ3) is 7.90. The number of hydrogen-bond acceptors (Lipinski definition) is 17. The first-order valence-electron chi connectivity index (χ1n) is 26.8. The SMILES string of the molecule is Cc1cc2c(c(O)c1C)[C@@H]1C3Cc4c(O)c(C)c5c(c4[C@H](CN)N3C(C#N)[C@H](C2)N1C)OCO5.Cc1cc2c(c(O)c1C)[C@@H]1C3Cc4c(O)c(C)c5c(c4[C@H](CN4C(=O)c6ccccc6C4=O)N3C(C#N)[C@H](C2)N1C)OCO5.[Ac].[Ac]. The molecule has 4 unspecified atom stereocenters. The summed E-state index contributed by atoms with van der Waals surface area (Å²) < 4.78 is 23.4. The van der Waals surface area contributed by atoms with Crippen LogP contribution in [-0.4, -0.2) is 134 Å². The minimum absolute atomic E-state index is 0. The van der Waals surface area contributed by atoms with Gasteiger partial charge in [0.1, 0.15) is 35.1 Å². The van der Waals surface area contributed by atoms with Crippen molar-refractivity contribution in [1.82, 2.24) is 24.5 Å². The van der Waals surface area contributed by atoms with E-state index in [1.54, 1.807) is 31.2 Å². The number of phenols is 4. The maximum atomic E-state index is 13.7. The molecule has 10 atom stereocenters. The number of rotatable bonds is 3. The molecule has 14 rings (SSSR count). The molecule has 408 valence electrons. The first-order valence-corrected chi connectivity index (χ1v) is 26.8. The minimum atomic E-state index is -0.675. The van der Waals surface area contributed by atoms with Gasteiger partial charge in [-0.15, -0.1) is 0 Å². The van der Waals surface area contributed by atoms with Gasteiger partial charge in [0, 0.05) is 170 Å². The van der Waals surface area contributed by atoms with Crippen LogP contribution < -0.4 is 24.7 Å². The van der Waals surface area contributed by atoms with Gasteiger partial charge in [-0.1, -0.05) is 24.3 Å². The zero-order valence-corrected chi connectivity index (χ0v) is 55.5. The summed E-state index contributed by atoms with van der Waals surface area (Å²) in [7, 11) is 4.04. The number of ether oxygens (including phenoxy) is 4. The summed E-state index contributed by atoms with van der Waals surface area (Å²) >= 11 is 0. The standard InChI is InChI=1S/C34H32N4O6.C26H30N4O4.2Ac/c1-15-9-18-10-22-24(12-35)38-23(28(36(22)4)26(18)30(40)16(15)2)11-21-27(32-31(43-14-44-32)17(3)29(21)39)25(38)13-37-33(41)19-7-5-6-8-20(19)34(37)42;1-11-5-14-6-16-18(8-27)30-17(22(29(16)4)20(14)24(32)12(11)2)7-15-21(19(30)9-28)26-25(33-10-34-26)13(3)23(15)31;;/h5-9,22-25,28,39-40H,10-11,13-14H2,1-4H3;5,16-19,22,31-32H,6-7,9-10,28H2,1-4H3;;/t22-,23?,24?,25-,28-;16-,17?,18?,19-,22-;;/m00../s1. The van der Waals surface area contributed by atoms with Crippen molar-refractivity contribution >= 4 is 11.8 Å². The fourth-order valence-electron chi connectivity index (χ4n) is 15.4. The Hall–Kier alpha value is -4.70. The molecule has 18 nitrogen and oxygen atoms in total. The number of likely N-dealkylation sites (N-methyl/N-ethyl adjacent to an activating group) is 2. The quantitative estimate of drug-likeness (QED) is 0.125. The number of aromatic hydroxyl groups is 4. The molecule has 4 bridgehead atoms. The Morgan fingerprint density at radius 1 is 0.562 bits per heavy atom. The van der Waals surface area contributed by atoms with Gasteiger partial charge >= 0.3 is 0 Å². The number of amides is 2. The summed E-state index contributed by atoms with van der Waals surface area (Å²) in [4.78, 5) is 37.4. The Balaban J connectivity index is 0.000000170. The maximum Gasteiger partial charge on any atom is 0.261 e. The Bertz CT molecular complexity index is 3570. The second-order valence-corrected chi connectivity index (χ2v) is 22.7. The molecule has 9 aliphatic heterocycles. The Kier molecular flexibility index (Phi) is 14.9. The zero-order chi connectivity index (χ0) is 54.8. The third-order valence-electron chi connectivity index (χ3n) is 19.4. The van der Waals surface area contributed by atoms with Crippen molar-refractivity contribution in [2.45, 2.75) is 128 Å². The van der Waals surface area contributed by atoms with Crippen LogP contribution in [0.25, 0.3) is 0 Å². The molecule has 20 heteroatoms. The van der Waals surface area contributed by atoms with Crippen LogP contribution in [0, 0.1) is 152 Å². The van der Waals surface area contributed by atoms with Crippen molar-refractivity contribution in [2.24, 2.45) is 5.73 Å². The van der Waals surface area contributed by atoms with Crippen molar-refractivity contribution < 1.29 is 137 Å². The summed E-state index contributed by atoms with van der Waals surface area (Å²) in [6.07, 6.45) is 2.12. The Morgan fingerprint density at radius 2 is 0.963 bits per heavy atom. The normalized spacial score (nSPS) is 27.1. The molecule has 2 amide bonds. The van der Waals surface area contributed by atoms with E-state index in [9.17, 15) is 40.5 Å². The number of carbonyl (C=O) groups excluding carboxylic acids is 2. The number of phenolic OH excluding ortho intramolecular Hbond substituents is 4. The minimum Gasteiger partial charge on any atom is -0.507 e. The average molecular weight is 1510 g/mol. The number of piperazine rings is 2. The molecule has 0 saturated carbocycles. The van der Waals surface area contributed by atoms with E-state index >= 15 is 0 Å². The first kappa shape index (κ1) is 57.1. The summed E-state index contributed by atoms with van der Waals surface area (Å²) in [5, 5.41) is 66.9. The van der Waals surface area contributed by atoms with Gasteiger partial charge in [-0.25, -0.2) is 0 Å². The topological polar surface area (TPSA) is 242 Å². The van der Waals surface area contributed by atoms with E-state index < -0.39 is 29.9 Å². The van der Waals surface area contributed by atoms with Crippen LogP contribution in [0.1, 0.15) is 123 Å². The Labute approximate surface area is 536 Å². The van der Waals surface area contributed by atoms with Gasteiger partial charge in [-0.2, -0.15) is 10.5 Å². The van der Waals surface area contributed by atoms with Crippen LogP contribution in [0.3, 0.4) is 0 Å². The van der Waals surface area contributed by atoms with E-state index in [0.29, 0.717) is 87.8 Å². The summed E-state index contributed by atoms with van der Waals surface area (Å²) in [5.74, 6) is 2.19. The molecule has 2 fully saturated rings. The molecule has 2 saturated heterocycles. The molecule has 80 heavy (non-hydrogen) atoms. The molecular formula is C60H62Ac2N8O10. The van der Waals surface area contributed by atoms with Crippen LogP contribution in [0.4, 0.5) is 0 Å². The van der Waals surface area contributed by atoms with Gasteiger partial charge in [0.05, 0.1) is 47.4 Å². The predicted molar refractivity (Wildman–Crippen MR) is 283 cm³/mol. The number of benzene rings is 5. The number of carbonyl (C=O) groups is 2. The largest absolute Gasteiger partial charge is 0.507 e. The van der Waals surface area contributed by atoms with Gasteiger partial charge in [-0.3, -0.25) is 34.1 Å². The molecule has 5 aromatic carbocycles. The van der Waals surface area contributed by atoms with Crippen LogP contribution in [-0.2, 0) is 25.7 Å². The van der Waals surface area contributed by atoms with E-state index in [4.69, 9.17) is 24.7 Å². The van der Waals surface area contributed by atoms with Crippen molar-refractivity contribution in [3.63, 3.8) is 0 Å². The van der Waals surface area contributed by atoms with Gasteiger partial charge < -0.3 is 45.1 Å². The molecule has 0 aliphatic carbocycles. The summed E-state index contributed by atoms with van der Waals surface area (Å²) in [5.41, 5.74) is 18.9. The van der Waals surface area contributed by atoms with Crippen LogP contribution in [0.2, 0.25) is 0 Å². The maximum absolute atomic E-state index is 13.7. The van der Waals surface area contributed by atoms with Gasteiger partial charge in [-0.05, 0) is 127 Å².